The Kier molecular flexibility index (Phi) is 5.64. The molecule has 6 nitrogen and oxygen atoms in total. The summed E-state index contributed by atoms with van der Waals surface area (Å²) < 4.78 is 5.16. The Morgan fingerprint density at radius 2 is 1.66 bits per heavy atom. The molecule has 6 heteroatoms. The van der Waals surface area contributed by atoms with Crippen molar-refractivity contribution >= 4 is 29.6 Å². The molecule has 1 aliphatic rings. The first-order chi connectivity index (χ1) is 13.8. The van der Waals surface area contributed by atoms with Crippen LogP contribution < -0.4 is 10.0 Å². The Morgan fingerprint density at radius 1 is 1.03 bits per heavy atom. The maximum Gasteiger partial charge on any atom is 0.340 e. The lowest BCUT2D eigenvalue weighted by molar-refractivity contribution is -0.255. The molecule has 0 fully saturated rings. The van der Waals surface area contributed by atoms with Crippen LogP contribution in [-0.2, 0) is 14.3 Å². The third-order valence-corrected chi connectivity index (χ3v) is 4.63. The lowest BCUT2D eigenvalue weighted by Gasteiger charge is -2.18. The van der Waals surface area contributed by atoms with Crippen LogP contribution in [-0.4, -0.2) is 24.5 Å². The first kappa shape index (κ1) is 20.1. The monoisotopic (exact) mass is 390 g/mol. The van der Waals surface area contributed by atoms with Crippen molar-refractivity contribution in [2.45, 2.75) is 20.8 Å². The predicted octanol–water partition coefficient (Wildman–Crippen LogP) is 2.63. The molecule has 0 saturated carbocycles. The molecule has 3 rings (SSSR count). The van der Waals surface area contributed by atoms with Gasteiger partial charge in [0.2, 0.25) is 0 Å². The Labute approximate surface area is 168 Å². The topological polar surface area (TPSA) is 86.7 Å². The van der Waals surface area contributed by atoms with E-state index in [1.54, 1.807) is 32.1 Å². The third kappa shape index (κ3) is 3.96. The van der Waals surface area contributed by atoms with Crippen LogP contribution in [0.2, 0.25) is 0 Å². The van der Waals surface area contributed by atoms with Gasteiger partial charge in [-0.25, -0.2) is 4.79 Å². The van der Waals surface area contributed by atoms with E-state index < -0.39 is 11.9 Å². The Balaban J connectivity index is 2.08. The molecule has 1 aliphatic heterocycles. The zero-order valence-electron chi connectivity index (χ0n) is 16.4. The molecule has 0 radical (unpaired) electrons. The van der Waals surface area contributed by atoms with E-state index in [1.165, 1.54) is 17.0 Å². The Hall–Kier alpha value is -3.67. The number of carbonyl (C=O) groups is 3. The number of aromatic carboxylic acids is 1. The summed E-state index contributed by atoms with van der Waals surface area (Å²) in [5, 5.41) is 10.9. The highest BCUT2D eigenvalue weighted by atomic mass is 16.5. The lowest BCUT2D eigenvalue weighted by atomic mass is 10.0. The summed E-state index contributed by atoms with van der Waals surface area (Å²) in [5.74, 6) is -2.21. The predicted molar refractivity (Wildman–Crippen MR) is 107 cm³/mol. The minimum Gasteiger partial charge on any atom is -0.545 e. The molecule has 0 bridgehead atoms. The molecule has 1 heterocycles. The quantitative estimate of drug-likeness (QED) is 0.579. The van der Waals surface area contributed by atoms with Crippen molar-refractivity contribution in [1.29, 1.82) is 0 Å². The van der Waals surface area contributed by atoms with E-state index in [1.807, 2.05) is 31.2 Å². The summed E-state index contributed by atoms with van der Waals surface area (Å²) in [6.45, 7) is 5.53. The van der Waals surface area contributed by atoms with Crippen molar-refractivity contribution in [2.24, 2.45) is 0 Å². The fourth-order valence-electron chi connectivity index (χ4n) is 3.17. The first-order valence-corrected chi connectivity index (χ1v) is 9.16. The van der Waals surface area contributed by atoms with E-state index in [0.29, 0.717) is 16.9 Å². The number of rotatable bonds is 5. The zero-order chi connectivity index (χ0) is 21.1. The van der Waals surface area contributed by atoms with Gasteiger partial charge in [-0.2, -0.15) is 0 Å². The molecular weight excluding hydrogens is 370 g/mol. The maximum absolute atomic E-state index is 13.2. The summed E-state index contributed by atoms with van der Waals surface area (Å²) in [6, 6.07) is 13.3. The van der Waals surface area contributed by atoms with Crippen LogP contribution in [0.15, 0.2) is 65.4 Å². The molecule has 29 heavy (non-hydrogen) atoms. The molecule has 148 valence electrons. The van der Waals surface area contributed by atoms with Crippen LogP contribution in [0.5, 0.6) is 0 Å². The number of amides is 1. The highest BCUT2D eigenvalue weighted by Crippen LogP contribution is 2.35. The molecule has 0 N–H and O–H groups in total. The smallest absolute Gasteiger partial charge is 0.340 e. The second-order valence-corrected chi connectivity index (χ2v) is 6.62. The first-order valence-electron chi connectivity index (χ1n) is 9.16. The van der Waals surface area contributed by atoms with Gasteiger partial charge in [0.25, 0.3) is 5.91 Å². The fourth-order valence-corrected chi connectivity index (χ4v) is 3.17. The zero-order valence-corrected chi connectivity index (χ0v) is 16.4. The minimum absolute atomic E-state index is 0.0310. The van der Waals surface area contributed by atoms with E-state index >= 15 is 0 Å². The Morgan fingerprint density at radius 3 is 2.21 bits per heavy atom. The average Bonchev–Trinajstić information content (AvgIpc) is 2.93. The van der Waals surface area contributed by atoms with Gasteiger partial charge in [-0.1, -0.05) is 42.0 Å². The fraction of sp³-hybridized carbons (Fsp3) is 0.174. The standard InChI is InChI=1S/C23H21NO5/c1-4-29-23(28)20-15(3)24(18-11-5-14(2)6-12-18)21(25)19(20)13-16-7-9-17(10-8-16)22(26)27/h5-13H,4H2,1-3H3,(H,26,27)/p-1/b19-13-. The number of esters is 1. The maximum atomic E-state index is 13.2. The van der Waals surface area contributed by atoms with E-state index in [-0.39, 0.29) is 29.2 Å². The number of carboxylic acid groups (broad SMARTS) is 1. The Bertz CT molecular complexity index is 1030. The van der Waals surface area contributed by atoms with Gasteiger partial charge in [0.05, 0.1) is 23.7 Å². The van der Waals surface area contributed by atoms with E-state index in [4.69, 9.17) is 4.74 Å². The number of benzene rings is 2. The number of nitrogens with zero attached hydrogens (tertiary/aromatic N) is 1. The molecule has 0 atom stereocenters. The van der Waals surface area contributed by atoms with Crippen LogP contribution in [0, 0.1) is 6.92 Å². The molecule has 0 unspecified atom stereocenters. The van der Waals surface area contributed by atoms with Gasteiger partial charge in [0.15, 0.2) is 0 Å². The molecule has 0 aliphatic carbocycles. The number of aryl methyl sites for hydroxylation is 1. The van der Waals surface area contributed by atoms with E-state index in [2.05, 4.69) is 0 Å². The van der Waals surface area contributed by atoms with Gasteiger partial charge in [0, 0.05) is 11.4 Å². The number of anilines is 1. The number of carbonyl (C=O) groups excluding carboxylic acids is 3. The van der Waals surface area contributed by atoms with Gasteiger partial charge in [-0.05, 0) is 50.1 Å². The van der Waals surface area contributed by atoms with Gasteiger partial charge < -0.3 is 14.6 Å². The van der Waals surface area contributed by atoms with Gasteiger partial charge in [-0.3, -0.25) is 9.69 Å². The van der Waals surface area contributed by atoms with E-state index in [0.717, 1.165) is 5.56 Å². The highest BCUT2D eigenvalue weighted by molar-refractivity contribution is 6.23. The van der Waals surface area contributed by atoms with E-state index in [9.17, 15) is 19.5 Å². The normalized spacial score (nSPS) is 15.2. The van der Waals surface area contributed by atoms with Crippen molar-refractivity contribution in [3.8, 4) is 0 Å². The second kappa shape index (κ2) is 8.14. The minimum atomic E-state index is -1.28. The molecule has 2 aromatic carbocycles. The van der Waals surface area contributed by atoms with Crippen LogP contribution >= 0.6 is 0 Å². The van der Waals surface area contributed by atoms with Crippen molar-refractivity contribution in [3.05, 3.63) is 82.1 Å². The average molecular weight is 390 g/mol. The second-order valence-electron chi connectivity index (χ2n) is 6.62. The number of carboxylic acids is 1. The van der Waals surface area contributed by atoms with Gasteiger partial charge in [-0.15, -0.1) is 0 Å². The number of hydrogen-bond acceptors (Lipinski definition) is 5. The SMILES string of the molecule is CCOC(=O)C1=C(C)N(c2ccc(C)cc2)C(=O)/C1=C\c1ccc(C(=O)[O-])cc1. The number of hydrogen-bond donors (Lipinski definition) is 0. The summed E-state index contributed by atoms with van der Waals surface area (Å²) >= 11 is 0. The van der Waals surface area contributed by atoms with Gasteiger partial charge >= 0.3 is 5.97 Å². The number of ether oxygens (including phenoxy) is 1. The van der Waals surface area contributed by atoms with Gasteiger partial charge in [0.1, 0.15) is 0 Å². The molecular formula is C23H20NO5-. The van der Waals surface area contributed by atoms with Crippen LogP contribution in [0.1, 0.15) is 35.3 Å². The van der Waals surface area contributed by atoms with Crippen LogP contribution in [0.25, 0.3) is 6.08 Å². The van der Waals surface area contributed by atoms with Crippen LogP contribution in [0.4, 0.5) is 5.69 Å². The summed E-state index contributed by atoms with van der Waals surface area (Å²) in [6.07, 6.45) is 1.56. The number of allylic oxidation sites excluding steroid dienone is 1. The molecule has 0 spiro atoms. The molecule has 1 amide bonds. The lowest BCUT2D eigenvalue weighted by Crippen LogP contribution is -2.24. The van der Waals surface area contributed by atoms with Crippen molar-refractivity contribution < 1.29 is 24.2 Å². The summed E-state index contributed by atoms with van der Waals surface area (Å²) in [4.78, 5) is 38.2. The molecule has 2 aromatic rings. The van der Waals surface area contributed by atoms with Crippen LogP contribution in [0.3, 0.4) is 0 Å². The van der Waals surface area contributed by atoms with Crippen molar-refractivity contribution in [2.75, 3.05) is 11.5 Å². The largest absolute Gasteiger partial charge is 0.545 e. The molecule has 0 saturated heterocycles. The third-order valence-electron chi connectivity index (χ3n) is 4.63. The molecule has 0 aromatic heterocycles. The summed E-state index contributed by atoms with van der Waals surface area (Å²) in [5.41, 5.74) is 3.19. The van der Waals surface area contributed by atoms with Crippen molar-refractivity contribution in [3.63, 3.8) is 0 Å². The van der Waals surface area contributed by atoms with Crippen molar-refractivity contribution in [1.82, 2.24) is 0 Å². The summed E-state index contributed by atoms with van der Waals surface area (Å²) in [7, 11) is 0. The highest BCUT2D eigenvalue weighted by Gasteiger charge is 2.38.